The van der Waals surface area contributed by atoms with Gasteiger partial charge in [-0.3, -0.25) is 19.4 Å². The summed E-state index contributed by atoms with van der Waals surface area (Å²) in [6.07, 6.45) is 4.09. The summed E-state index contributed by atoms with van der Waals surface area (Å²) in [4.78, 5) is 32.9. The lowest BCUT2D eigenvalue weighted by atomic mass is 9.71. The standard InChI is InChI=1S/C35H43F3N4O4/c1-22-16-25-24-6-4-5-7-28(24)39-32(25)33(42(22)21-34(2,3)38)31-26(36)17-23(18-27(31)37)46-20-29(43)41-14-10-35(11-15-41)8-12-40(13-9-35)19-30(44)45/h4-7,17-18,22,33,39H,8-16,19-21H2,1-3H3,(H,44,45)/t22-,33-/m1/s1. The number of rotatable bonds is 8. The number of nitrogens with zero attached hydrogens (tertiary/aromatic N) is 3. The molecule has 4 heterocycles. The molecule has 0 saturated carbocycles. The lowest BCUT2D eigenvalue weighted by Gasteiger charge is -2.46. The van der Waals surface area contributed by atoms with Gasteiger partial charge in [0.15, 0.2) is 6.61 Å². The number of H-pyrrole nitrogens is 1. The number of hydrogen-bond acceptors (Lipinski definition) is 5. The Morgan fingerprint density at radius 3 is 2.30 bits per heavy atom. The van der Waals surface area contributed by atoms with Gasteiger partial charge in [0.05, 0.1) is 12.6 Å². The Morgan fingerprint density at radius 1 is 1.04 bits per heavy atom. The van der Waals surface area contributed by atoms with Crippen LogP contribution < -0.4 is 4.74 Å². The van der Waals surface area contributed by atoms with E-state index in [0.717, 1.165) is 67.4 Å². The largest absolute Gasteiger partial charge is 0.484 e. The third-order valence-electron chi connectivity index (χ3n) is 10.2. The molecular weight excluding hydrogens is 597 g/mol. The molecule has 2 aromatic carbocycles. The van der Waals surface area contributed by atoms with E-state index in [0.29, 0.717) is 25.2 Å². The maximum absolute atomic E-state index is 16.0. The van der Waals surface area contributed by atoms with Gasteiger partial charge in [0.2, 0.25) is 0 Å². The number of halogens is 3. The first-order valence-electron chi connectivity index (χ1n) is 16.2. The molecule has 1 amide bonds. The van der Waals surface area contributed by atoms with Gasteiger partial charge in [-0.15, -0.1) is 0 Å². The molecule has 0 radical (unpaired) electrons. The van der Waals surface area contributed by atoms with Gasteiger partial charge in [0, 0.05) is 60.0 Å². The molecule has 2 N–H and O–H groups in total. The molecular formula is C35H43F3N4O4. The second-order valence-corrected chi connectivity index (χ2v) is 14.0. The SMILES string of the molecule is C[C@@H]1Cc2c([nH]c3ccccc23)[C@@H](c2c(F)cc(OCC(=O)N3CCC4(CCN(CC(=O)O)CC4)CC3)cc2F)N1CC(C)(C)F. The molecule has 2 fully saturated rings. The first-order valence-corrected chi connectivity index (χ1v) is 16.2. The second kappa shape index (κ2) is 12.6. The van der Waals surface area contributed by atoms with Gasteiger partial charge >= 0.3 is 5.97 Å². The summed E-state index contributed by atoms with van der Waals surface area (Å²) >= 11 is 0. The number of amides is 1. The summed E-state index contributed by atoms with van der Waals surface area (Å²) in [6.45, 7) is 7.18. The third kappa shape index (κ3) is 6.62. The number of aromatic nitrogens is 1. The van der Waals surface area contributed by atoms with Crippen molar-refractivity contribution in [3.63, 3.8) is 0 Å². The number of likely N-dealkylation sites (tertiary alicyclic amines) is 2. The summed E-state index contributed by atoms with van der Waals surface area (Å²) < 4.78 is 52.6. The highest BCUT2D eigenvalue weighted by atomic mass is 19.1. The second-order valence-electron chi connectivity index (χ2n) is 14.0. The Labute approximate surface area is 267 Å². The zero-order chi connectivity index (χ0) is 32.8. The average molecular weight is 641 g/mol. The van der Waals surface area contributed by atoms with Crippen LogP contribution in [0, 0.1) is 17.0 Å². The number of carboxylic acid groups (broad SMARTS) is 1. The Morgan fingerprint density at radius 2 is 1.67 bits per heavy atom. The number of aliphatic carboxylic acids is 1. The van der Waals surface area contributed by atoms with E-state index in [2.05, 4.69) is 4.98 Å². The number of hydrogen-bond donors (Lipinski definition) is 2. The maximum Gasteiger partial charge on any atom is 0.317 e. The van der Waals surface area contributed by atoms with Crippen molar-refractivity contribution in [2.24, 2.45) is 5.41 Å². The number of piperidine rings is 2. The highest BCUT2D eigenvalue weighted by Crippen LogP contribution is 2.44. The van der Waals surface area contributed by atoms with E-state index in [1.54, 1.807) is 4.90 Å². The van der Waals surface area contributed by atoms with Crippen molar-refractivity contribution < 1.29 is 32.6 Å². The smallest absolute Gasteiger partial charge is 0.317 e. The third-order valence-corrected chi connectivity index (χ3v) is 10.2. The fourth-order valence-electron chi connectivity index (χ4n) is 7.75. The van der Waals surface area contributed by atoms with E-state index in [4.69, 9.17) is 9.84 Å². The van der Waals surface area contributed by atoms with Crippen molar-refractivity contribution in [1.29, 1.82) is 0 Å². The van der Waals surface area contributed by atoms with E-state index < -0.39 is 29.3 Å². The molecule has 2 atom stereocenters. The average Bonchev–Trinajstić information content (AvgIpc) is 3.36. The molecule has 8 nitrogen and oxygen atoms in total. The predicted molar refractivity (Wildman–Crippen MR) is 169 cm³/mol. The number of ether oxygens (including phenoxy) is 1. The lowest BCUT2D eigenvalue weighted by molar-refractivity contribution is -0.140. The van der Waals surface area contributed by atoms with E-state index >= 15 is 13.2 Å². The molecule has 0 unspecified atom stereocenters. The molecule has 1 aromatic heterocycles. The molecule has 11 heteroatoms. The van der Waals surface area contributed by atoms with Crippen molar-refractivity contribution >= 4 is 22.8 Å². The van der Waals surface area contributed by atoms with E-state index in [9.17, 15) is 9.59 Å². The number of carbonyl (C=O) groups is 2. The zero-order valence-electron chi connectivity index (χ0n) is 26.8. The van der Waals surface area contributed by atoms with Crippen LogP contribution in [-0.2, 0) is 16.0 Å². The molecule has 3 aliphatic heterocycles. The van der Waals surface area contributed by atoms with Gasteiger partial charge in [0.25, 0.3) is 5.91 Å². The minimum Gasteiger partial charge on any atom is -0.484 e. The van der Waals surface area contributed by atoms with E-state index in [-0.39, 0.29) is 48.4 Å². The lowest BCUT2D eigenvalue weighted by Crippen LogP contribution is -2.49. The van der Waals surface area contributed by atoms with Crippen LogP contribution in [0.25, 0.3) is 10.9 Å². The summed E-state index contributed by atoms with van der Waals surface area (Å²) in [5.41, 5.74) is 0.815. The van der Waals surface area contributed by atoms with Gasteiger partial charge in [-0.25, -0.2) is 13.2 Å². The Balaban J connectivity index is 1.16. The van der Waals surface area contributed by atoms with Crippen LogP contribution in [0.2, 0.25) is 0 Å². The van der Waals surface area contributed by atoms with Crippen molar-refractivity contribution in [3.05, 3.63) is 64.9 Å². The minimum atomic E-state index is -1.60. The van der Waals surface area contributed by atoms with Crippen molar-refractivity contribution in [3.8, 4) is 5.75 Å². The summed E-state index contributed by atoms with van der Waals surface area (Å²) in [6, 6.07) is 8.90. The van der Waals surface area contributed by atoms with Crippen molar-refractivity contribution in [1.82, 2.24) is 19.7 Å². The van der Waals surface area contributed by atoms with Crippen LogP contribution in [0.3, 0.4) is 0 Å². The maximum atomic E-state index is 16.0. The van der Waals surface area contributed by atoms with Gasteiger partial charge in [-0.1, -0.05) is 18.2 Å². The minimum absolute atomic E-state index is 0.0169. The Hall–Kier alpha value is -3.57. The Kier molecular flexibility index (Phi) is 8.84. The van der Waals surface area contributed by atoms with Gasteiger partial charge in [-0.05, 0) is 83.0 Å². The van der Waals surface area contributed by atoms with Gasteiger partial charge < -0.3 is 19.7 Å². The fourth-order valence-corrected chi connectivity index (χ4v) is 7.75. The highest BCUT2D eigenvalue weighted by Gasteiger charge is 2.42. The van der Waals surface area contributed by atoms with Crippen LogP contribution in [0.4, 0.5) is 13.2 Å². The number of carbonyl (C=O) groups excluding carboxylic acids is 1. The molecule has 0 bridgehead atoms. The van der Waals surface area contributed by atoms with Crippen LogP contribution in [0.5, 0.6) is 5.75 Å². The number of alkyl halides is 1. The fraction of sp³-hybridized carbons (Fsp3) is 0.543. The molecule has 0 aliphatic carbocycles. The normalized spacial score (nSPS) is 22.3. The van der Waals surface area contributed by atoms with E-state index in [1.165, 1.54) is 13.8 Å². The monoisotopic (exact) mass is 640 g/mol. The first-order chi connectivity index (χ1) is 21.8. The van der Waals surface area contributed by atoms with Crippen molar-refractivity contribution in [2.75, 3.05) is 45.9 Å². The van der Waals surface area contributed by atoms with Crippen LogP contribution in [0.15, 0.2) is 36.4 Å². The molecule has 248 valence electrons. The van der Waals surface area contributed by atoms with Gasteiger partial charge in [0.1, 0.15) is 23.1 Å². The highest BCUT2D eigenvalue weighted by molar-refractivity contribution is 5.85. The topological polar surface area (TPSA) is 89.1 Å². The van der Waals surface area contributed by atoms with E-state index in [1.807, 2.05) is 41.0 Å². The van der Waals surface area contributed by atoms with Crippen molar-refractivity contribution in [2.45, 2.75) is 70.6 Å². The number of carboxylic acids is 1. The summed E-state index contributed by atoms with van der Waals surface area (Å²) in [7, 11) is 0. The molecule has 2 saturated heterocycles. The quantitative estimate of drug-likeness (QED) is 0.329. The Bertz CT molecular complexity index is 1580. The van der Waals surface area contributed by atoms with Crippen LogP contribution in [-0.4, -0.2) is 94.3 Å². The summed E-state index contributed by atoms with van der Waals surface area (Å²) in [5.74, 6) is -2.78. The zero-order valence-corrected chi connectivity index (χ0v) is 26.8. The number of para-hydroxylation sites is 1. The number of aromatic amines is 1. The van der Waals surface area contributed by atoms with Crippen LogP contribution >= 0.6 is 0 Å². The molecule has 3 aliphatic rings. The molecule has 46 heavy (non-hydrogen) atoms. The van der Waals surface area contributed by atoms with Gasteiger partial charge in [-0.2, -0.15) is 0 Å². The van der Waals surface area contributed by atoms with Crippen LogP contribution in [0.1, 0.15) is 69.3 Å². The molecule has 1 spiro atoms. The number of fused-ring (bicyclic) bond motifs is 3. The number of benzene rings is 2. The first kappa shape index (κ1) is 32.4. The predicted octanol–water partition coefficient (Wildman–Crippen LogP) is 5.70. The summed E-state index contributed by atoms with van der Waals surface area (Å²) in [5, 5.41) is 10.0. The number of nitrogens with one attached hydrogen (secondary N) is 1. The molecule has 3 aromatic rings. The molecule has 6 rings (SSSR count).